The average molecular weight is 336 g/mol. The van der Waals surface area contributed by atoms with E-state index in [4.69, 9.17) is 10.00 Å². The molecule has 25 heavy (non-hydrogen) atoms. The molecule has 1 aliphatic rings. The van der Waals surface area contributed by atoms with Crippen molar-refractivity contribution in [3.05, 3.63) is 53.0 Å². The number of piperidine rings is 1. The van der Waals surface area contributed by atoms with Gasteiger partial charge in [-0.25, -0.2) is 4.98 Å². The van der Waals surface area contributed by atoms with Crippen molar-refractivity contribution < 1.29 is 9.53 Å². The summed E-state index contributed by atoms with van der Waals surface area (Å²) in [7, 11) is 0. The fourth-order valence-corrected chi connectivity index (χ4v) is 3.00. The molecular weight excluding hydrogens is 316 g/mol. The summed E-state index contributed by atoms with van der Waals surface area (Å²) < 4.78 is 5.96. The number of nitriles is 1. The second-order valence-corrected chi connectivity index (χ2v) is 6.20. The normalized spacial score (nSPS) is 14.8. The molecule has 0 unspecified atom stereocenters. The van der Waals surface area contributed by atoms with E-state index in [-0.39, 0.29) is 12.0 Å². The van der Waals surface area contributed by atoms with Gasteiger partial charge in [0.25, 0.3) is 5.91 Å². The zero-order chi connectivity index (χ0) is 17.8. The van der Waals surface area contributed by atoms with Gasteiger partial charge in [-0.2, -0.15) is 10.2 Å². The van der Waals surface area contributed by atoms with E-state index in [9.17, 15) is 4.79 Å². The van der Waals surface area contributed by atoms with Crippen LogP contribution in [0.15, 0.2) is 30.3 Å². The number of aromatic nitrogens is 2. The molecule has 0 saturated carbocycles. The van der Waals surface area contributed by atoms with Crippen LogP contribution in [0.3, 0.4) is 0 Å². The molecule has 1 amide bonds. The Bertz CT molecular complexity index is 800. The van der Waals surface area contributed by atoms with Crippen LogP contribution in [0.5, 0.6) is 5.88 Å². The molecular formula is C19H20N4O2. The summed E-state index contributed by atoms with van der Waals surface area (Å²) in [6.07, 6.45) is 1.56. The zero-order valence-electron chi connectivity index (χ0n) is 14.4. The van der Waals surface area contributed by atoms with E-state index in [1.807, 2.05) is 24.8 Å². The quantitative estimate of drug-likeness (QED) is 0.861. The highest BCUT2D eigenvalue weighted by molar-refractivity contribution is 5.94. The molecule has 0 atom stereocenters. The monoisotopic (exact) mass is 336 g/mol. The Labute approximate surface area is 147 Å². The van der Waals surface area contributed by atoms with Crippen LogP contribution in [0, 0.1) is 25.2 Å². The van der Waals surface area contributed by atoms with Gasteiger partial charge in [-0.05, 0) is 32.0 Å². The van der Waals surface area contributed by atoms with E-state index >= 15 is 0 Å². The molecule has 2 heterocycles. The van der Waals surface area contributed by atoms with Crippen molar-refractivity contribution in [3.63, 3.8) is 0 Å². The lowest BCUT2D eigenvalue weighted by Crippen LogP contribution is -2.41. The Kier molecular flexibility index (Phi) is 4.94. The minimum atomic E-state index is -0.0377. The van der Waals surface area contributed by atoms with E-state index in [0.29, 0.717) is 35.9 Å². The first-order valence-corrected chi connectivity index (χ1v) is 8.33. The number of rotatable bonds is 3. The number of carbonyl (C=O) groups excluding carboxylic acids is 1. The molecule has 0 aliphatic carbocycles. The van der Waals surface area contributed by atoms with Crippen molar-refractivity contribution in [3.8, 4) is 11.9 Å². The Morgan fingerprint density at radius 1 is 1.24 bits per heavy atom. The molecule has 0 bridgehead atoms. The van der Waals surface area contributed by atoms with Gasteiger partial charge in [0, 0.05) is 43.3 Å². The number of likely N-dealkylation sites (tertiary alicyclic amines) is 1. The van der Waals surface area contributed by atoms with Crippen LogP contribution < -0.4 is 4.74 Å². The fraction of sp³-hybridized carbons (Fsp3) is 0.368. The summed E-state index contributed by atoms with van der Waals surface area (Å²) in [6.45, 7) is 5.02. The largest absolute Gasteiger partial charge is 0.474 e. The third-order valence-electron chi connectivity index (χ3n) is 4.20. The molecule has 1 aromatic carbocycles. The second kappa shape index (κ2) is 7.31. The molecule has 0 N–H and O–H groups in total. The van der Waals surface area contributed by atoms with Gasteiger partial charge >= 0.3 is 0 Å². The molecule has 1 aromatic heterocycles. The van der Waals surface area contributed by atoms with Crippen molar-refractivity contribution in [1.82, 2.24) is 14.9 Å². The molecule has 0 spiro atoms. The molecule has 1 aliphatic heterocycles. The van der Waals surface area contributed by atoms with Crippen LogP contribution in [-0.2, 0) is 0 Å². The average Bonchev–Trinajstić information content (AvgIpc) is 2.61. The lowest BCUT2D eigenvalue weighted by Gasteiger charge is -2.32. The first kappa shape index (κ1) is 16.9. The van der Waals surface area contributed by atoms with Crippen molar-refractivity contribution in [2.75, 3.05) is 13.1 Å². The van der Waals surface area contributed by atoms with Gasteiger partial charge in [0.05, 0.1) is 11.6 Å². The SMILES string of the molecule is Cc1cc(OC2CCN(C(=O)c3cccc(C#N)c3)CC2)nc(C)n1. The predicted molar refractivity (Wildman–Crippen MR) is 92.2 cm³/mol. The highest BCUT2D eigenvalue weighted by Gasteiger charge is 2.25. The smallest absolute Gasteiger partial charge is 0.253 e. The highest BCUT2D eigenvalue weighted by atomic mass is 16.5. The molecule has 128 valence electrons. The minimum Gasteiger partial charge on any atom is -0.474 e. The number of hydrogen-bond acceptors (Lipinski definition) is 5. The van der Waals surface area contributed by atoms with Crippen LogP contribution in [0.25, 0.3) is 0 Å². The lowest BCUT2D eigenvalue weighted by atomic mass is 10.1. The first-order chi connectivity index (χ1) is 12.0. The van der Waals surface area contributed by atoms with E-state index in [1.165, 1.54) is 0 Å². The molecule has 6 nitrogen and oxygen atoms in total. The summed E-state index contributed by atoms with van der Waals surface area (Å²) in [5, 5.41) is 8.97. The van der Waals surface area contributed by atoms with Crippen LogP contribution in [0.2, 0.25) is 0 Å². The van der Waals surface area contributed by atoms with Gasteiger partial charge in [-0.1, -0.05) is 6.07 Å². The van der Waals surface area contributed by atoms with E-state index in [2.05, 4.69) is 16.0 Å². The van der Waals surface area contributed by atoms with Gasteiger partial charge in [0.1, 0.15) is 11.9 Å². The third-order valence-corrected chi connectivity index (χ3v) is 4.20. The topological polar surface area (TPSA) is 79.1 Å². The van der Waals surface area contributed by atoms with Crippen molar-refractivity contribution in [2.24, 2.45) is 0 Å². The Hall–Kier alpha value is -2.94. The molecule has 0 radical (unpaired) electrons. The maximum Gasteiger partial charge on any atom is 0.253 e. The molecule has 1 fully saturated rings. The Morgan fingerprint density at radius 2 is 2.00 bits per heavy atom. The standard InChI is InChI=1S/C19H20N4O2/c1-13-10-18(22-14(2)21-13)25-17-6-8-23(9-7-17)19(24)16-5-3-4-15(11-16)12-20/h3-5,10-11,17H,6-9H2,1-2H3. The number of hydrogen-bond donors (Lipinski definition) is 0. The number of amides is 1. The van der Waals surface area contributed by atoms with Crippen molar-refractivity contribution >= 4 is 5.91 Å². The Morgan fingerprint density at radius 3 is 2.68 bits per heavy atom. The van der Waals surface area contributed by atoms with Crippen LogP contribution in [0.1, 0.15) is 40.3 Å². The van der Waals surface area contributed by atoms with E-state index in [1.54, 1.807) is 24.3 Å². The summed E-state index contributed by atoms with van der Waals surface area (Å²) in [5.74, 6) is 1.25. The summed E-state index contributed by atoms with van der Waals surface area (Å²) in [4.78, 5) is 22.9. The predicted octanol–water partition coefficient (Wildman–Crippen LogP) is 2.65. The van der Waals surface area contributed by atoms with Crippen LogP contribution in [-0.4, -0.2) is 40.0 Å². The van der Waals surface area contributed by atoms with E-state index < -0.39 is 0 Å². The summed E-state index contributed by atoms with van der Waals surface area (Å²) >= 11 is 0. The molecule has 1 saturated heterocycles. The first-order valence-electron chi connectivity index (χ1n) is 8.33. The number of ether oxygens (including phenoxy) is 1. The van der Waals surface area contributed by atoms with Crippen LogP contribution in [0.4, 0.5) is 0 Å². The second-order valence-electron chi connectivity index (χ2n) is 6.20. The molecule has 2 aromatic rings. The fourth-order valence-electron chi connectivity index (χ4n) is 3.00. The van der Waals surface area contributed by atoms with Gasteiger partial charge in [-0.3, -0.25) is 4.79 Å². The lowest BCUT2D eigenvalue weighted by molar-refractivity contribution is 0.0587. The number of benzene rings is 1. The van der Waals surface area contributed by atoms with Crippen LogP contribution >= 0.6 is 0 Å². The molecule has 6 heteroatoms. The van der Waals surface area contributed by atoms with Gasteiger partial charge in [-0.15, -0.1) is 0 Å². The summed E-state index contributed by atoms with van der Waals surface area (Å²) in [5.41, 5.74) is 1.94. The third kappa shape index (κ3) is 4.13. The van der Waals surface area contributed by atoms with Crippen molar-refractivity contribution in [1.29, 1.82) is 5.26 Å². The number of aryl methyl sites for hydroxylation is 2. The number of carbonyl (C=O) groups is 1. The summed E-state index contributed by atoms with van der Waals surface area (Å²) in [6, 6.07) is 10.7. The van der Waals surface area contributed by atoms with Crippen molar-refractivity contribution in [2.45, 2.75) is 32.8 Å². The maximum absolute atomic E-state index is 12.6. The number of nitrogens with zero attached hydrogens (tertiary/aromatic N) is 4. The maximum atomic E-state index is 12.6. The Balaban J connectivity index is 1.59. The molecule has 3 rings (SSSR count). The van der Waals surface area contributed by atoms with Gasteiger partial charge in [0.2, 0.25) is 5.88 Å². The zero-order valence-corrected chi connectivity index (χ0v) is 14.4. The highest BCUT2D eigenvalue weighted by Crippen LogP contribution is 2.19. The van der Waals surface area contributed by atoms with E-state index in [0.717, 1.165) is 18.5 Å². The minimum absolute atomic E-state index is 0.0377. The van der Waals surface area contributed by atoms with Gasteiger partial charge in [0.15, 0.2) is 0 Å². The van der Waals surface area contributed by atoms with Gasteiger partial charge < -0.3 is 9.64 Å².